The normalized spacial score (nSPS) is 13.9. The van der Waals surface area contributed by atoms with Gasteiger partial charge in [0.15, 0.2) is 0 Å². The molecule has 0 aliphatic heterocycles. The standard InChI is InChI=1S/C12H24F3NO/c1-3-6-11(16-8-4-2)10-17-9-5-7-12(13,14)15/h11,16H,3-10H2,1-2H3. The Balaban J connectivity index is 3.53. The maximum absolute atomic E-state index is 11.9. The van der Waals surface area contributed by atoms with E-state index in [1.807, 2.05) is 0 Å². The van der Waals surface area contributed by atoms with E-state index in [1.54, 1.807) is 0 Å². The molecule has 2 nitrogen and oxygen atoms in total. The Hall–Kier alpha value is -0.290. The predicted molar refractivity (Wildman–Crippen MR) is 63.1 cm³/mol. The first-order valence-electron chi connectivity index (χ1n) is 6.37. The van der Waals surface area contributed by atoms with Crippen LogP contribution in [0.25, 0.3) is 0 Å². The number of hydrogen-bond acceptors (Lipinski definition) is 2. The summed E-state index contributed by atoms with van der Waals surface area (Å²) >= 11 is 0. The molecule has 104 valence electrons. The minimum absolute atomic E-state index is 0.0517. The van der Waals surface area contributed by atoms with Gasteiger partial charge in [0, 0.05) is 19.1 Å². The highest BCUT2D eigenvalue weighted by Gasteiger charge is 2.25. The fourth-order valence-electron chi connectivity index (χ4n) is 1.54. The summed E-state index contributed by atoms with van der Waals surface area (Å²) in [6, 6.07) is 0.269. The van der Waals surface area contributed by atoms with E-state index in [-0.39, 0.29) is 19.1 Å². The second-order valence-electron chi connectivity index (χ2n) is 4.23. The zero-order valence-electron chi connectivity index (χ0n) is 10.8. The second kappa shape index (κ2) is 9.71. The monoisotopic (exact) mass is 255 g/mol. The Bertz CT molecular complexity index is 174. The lowest BCUT2D eigenvalue weighted by atomic mass is 10.2. The molecular weight excluding hydrogens is 231 g/mol. The van der Waals surface area contributed by atoms with E-state index < -0.39 is 12.6 Å². The summed E-state index contributed by atoms with van der Waals surface area (Å²) in [6.07, 6.45) is -1.67. The van der Waals surface area contributed by atoms with E-state index in [4.69, 9.17) is 4.74 Å². The summed E-state index contributed by atoms with van der Waals surface area (Å²) in [5.74, 6) is 0. The van der Waals surface area contributed by atoms with Gasteiger partial charge in [-0.2, -0.15) is 13.2 Å². The third kappa shape index (κ3) is 12.0. The molecule has 0 aliphatic rings. The van der Waals surface area contributed by atoms with Crippen LogP contribution in [-0.4, -0.2) is 32.0 Å². The van der Waals surface area contributed by atoms with Crippen molar-refractivity contribution < 1.29 is 17.9 Å². The first-order valence-corrected chi connectivity index (χ1v) is 6.37. The highest BCUT2D eigenvalue weighted by molar-refractivity contribution is 4.65. The van der Waals surface area contributed by atoms with Crippen LogP contribution >= 0.6 is 0 Å². The second-order valence-corrected chi connectivity index (χ2v) is 4.23. The molecule has 0 amide bonds. The molecule has 17 heavy (non-hydrogen) atoms. The van der Waals surface area contributed by atoms with Gasteiger partial charge in [0.05, 0.1) is 6.61 Å². The molecule has 0 aliphatic carbocycles. The number of halogens is 3. The summed E-state index contributed by atoms with van der Waals surface area (Å²) in [7, 11) is 0. The number of nitrogens with one attached hydrogen (secondary N) is 1. The fraction of sp³-hybridized carbons (Fsp3) is 1.00. The Kier molecular flexibility index (Phi) is 9.55. The number of rotatable bonds is 10. The molecule has 1 atom stereocenters. The van der Waals surface area contributed by atoms with E-state index in [0.29, 0.717) is 6.61 Å². The minimum Gasteiger partial charge on any atom is -0.380 e. The maximum atomic E-state index is 11.9. The molecule has 0 aromatic heterocycles. The van der Waals surface area contributed by atoms with Gasteiger partial charge in [-0.1, -0.05) is 20.3 Å². The van der Waals surface area contributed by atoms with E-state index >= 15 is 0 Å². The Morgan fingerprint density at radius 2 is 1.88 bits per heavy atom. The van der Waals surface area contributed by atoms with E-state index in [0.717, 1.165) is 25.8 Å². The van der Waals surface area contributed by atoms with Crippen LogP contribution in [0.3, 0.4) is 0 Å². The molecule has 0 fully saturated rings. The summed E-state index contributed by atoms with van der Waals surface area (Å²) in [5.41, 5.74) is 0. The van der Waals surface area contributed by atoms with Gasteiger partial charge in [-0.05, 0) is 25.8 Å². The van der Waals surface area contributed by atoms with Crippen molar-refractivity contribution in [2.45, 2.75) is 58.2 Å². The minimum atomic E-state index is -4.06. The summed E-state index contributed by atoms with van der Waals surface area (Å²) in [5, 5.41) is 3.33. The van der Waals surface area contributed by atoms with E-state index in [1.165, 1.54) is 0 Å². The van der Waals surface area contributed by atoms with Gasteiger partial charge in [-0.15, -0.1) is 0 Å². The van der Waals surface area contributed by atoms with Crippen molar-refractivity contribution in [3.63, 3.8) is 0 Å². The zero-order chi connectivity index (χ0) is 13.1. The van der Waals surface area contributed by atoms with Crippen LogP contribution in [0.2, 0.25) is 0 Å². The lowest BCUT2D eigenvalue weighted by Crippen LogP contribution is -2.34. The van der Waals surface area contributed by atoms with Crippen LogP contribution in [0.1, 0.15) is 46.0 Å². The van der Waals surface area contributed by atoms with E-state index in [9.17, 15) is 13.2 Å². The van der Waals surface area contributed by atoms with Gasteiger partial charge in [0.1, 0.15) is 0 Å². The van der Waals surface area contributed by atoms with Crippen LogP contribution in [0, 0.1) is 0 Å². The number of hydrogen-bond donors (Lipinski definition) is 1. The Morgan fingerprint density at radius 3 is 2.41 bits per heavy atom. The van der Waals surface area contributed by atoms with Crippen LogP contribution in [0.5, 0.6) is 0 Å². The summed E-state index contributed by atoms with van der Waals surface area (Å²) in [4.78, 5) is 0. The third-order valence-corrected chi connectivity index (χ3v) is 2.39. The predicted octanol–water partition coefficient (Wildman–Crippen LogP) is 3.51. The van der Waals surface area contributed by atoms with Crippen molar-refractivity contribution in [1.82, 2.24) is 5.32 Å². The quantitative estimate of drug-likeness (QED) is 0.603. The maximum Gasteiger partial charge on any atom is 0.389 e. The molecule has 1 unspecified atom stereocenters. The summed E-state index contributed by atoms with van der Waals surface area (Å²) < 4.78 is 40.9. The van der Waals surface area contributed by atoms with Crippen molar-refractivity contribution in [2.24, 2.45) is 0 Å². The van der Waals surface area contributed by atoms with Crippen molar-refractivity contribution in [1.29, 1.82) is 0 Å². The number of alkyl halides is 3. The van der Waals surface area contributed by atoms with Gasteiger partial charge < -0.3 is 10.1 Å². The fourth-order valence-corrected chi connectivity index (χ4v) is 1.54. The molecule has 0 heterocycles. The molecule has 0 spiro atoms. The van der Waals surface area contributed by atoms with Crippen LogP contribution in [0.4, 0.5) is 13.2 Å². The van der Waals surface area contributed by atoms with Gasteiger partial charge in [-0.25, -0.2) is 0 Å². The Morgan fingerprint density at radius 1 is 1.18 bits per heavy atom. The first kappa shape index (κ1) is 16.7. The van der Waals surface area contributed by atoms with Gasteiger partial charge in [0.2, 0.25) is 0 Å². The molecule has 5 heteroatoms. The highest BCUT2D eigenvalue weighted by Crippen LogP contribution is 2.21. The molecule has 0 aromatic rings. The number of ether oxygens (including phenoxy) is 1. The van der Waals surface area contributed by atoms with Crippen molar-refractivity contribution in [3.8, 4) is 0 Å². The average Bonchev–Trinajstić information content (AvgIpc) is 2.23. The Labute approximate surface area is 102 Å². The lowest BCUT2D eigenvalue weighted by molar-refractivity contribution is -0.138. The van der Waals surface area contributed by atoms with Gasteiger partial charge in [-0.3, -0.25) is 0 Å². The van der Waals surface area contributed by atoms with Crippen LogP contribution in [0.15, 0.2) is 0 Å². The highest BCUT2D eigenvalue weighted by atomic mass is 19.4. The van der Waals surface area contributed by atoms with E-state index in [2.05, 4.69) is 19.2 Å². The van der Waals surface area contributed by atoms with Crippen molar-refractivity contribution >= 4 is 0 Å². The molecule has 1 N–H and O–H groups in total. The SMILES string of the molecule is CCCNC(CCC)COCCCC(F)(F)F. The molecular formula is C12H24F3NO. The largest absolute Gasteiger partial charge is 0.389 e. The topological polar surface area (TPSA) is 21.3 Å². The molecule has 0 aromatic carbocycles. The smallest absolute Gasteiger partial charge is 0.380 e. The van der Waals surface area contributed by atoms with Crippen molar-refractivity contribution in [3.05, 3.63) is 0 Å². The molecule has 0 saturated heterocycles. The lowest BCUT2D eigenvalue weighted by Gasteiger charge is -2.18. The third-order valence-electron chi connectivity index (χ3n) is 2.39. The van der Waals surface area contributed by atoms with Crippen LogP contribution in [-0.2, 0) is 4.74 Å². The molecule has 0 saturated carbocycles. The molecule has 0 radical (unpaired) electrons. The molecule has 0 bridgehead atoms. The van der Waals surface area contributed by atoms with Crippen molar-refractivity contribution in [2.75, 3.05) is 19.8 Å². The summed E-state index contributed by atoms with van der Waals surface area (Å²) in [6.45, 7) is 5.79. The first-order chi connectivity index (χ1) is 7.99. The van der Waals surface area contributed by atoms with Gasteiger partial charge in [0.25, 0.3) is 0 Å². The van der Waals surface area contributed by atoms with Gasteiger partial charge >= 0.3 is 6.18 Å². The molecule has 0 rings (SSSR count). The average molecular weight is 255 g/mol. The zero-order valence-corrected chi connectivity index (χ0v) is 10.8. The van der Waals surface area contributed by atoms with Crippen LogP contribution < -0.4 is 5.32 Å².